The van der Waals surface area contributed by atoms with Crippen LogP contribution in [-0.4, -0.2) is 37.7 Å². The first-order valence-corrected chi connectivity index (χ1v) is 5.23. The predicted octanol–water partition coefficient (Wildman–Crippen LogP) is 0.521. The van der Waals surface area contributed by atoms with E-state index in [2.05, 4.69) is 25.4 Å². The molecule has 0 atom stereocenters. The second-order valence-electron chi connectivity index (χ2n) is 3.50. The summed E-state index contributed by atoms with van der Waals surface area (Å²) in [5.41, 5.74) is -0.0897. The molecule has 18 heavy (non-hydrogen) atoms. The van der Waals surface area contributed by atoms with Crippen LogP contribution < -0.4 is 5.32 Å². The minimum Gasteiger partial charge on any atom is -0.476 e. The Labute approximate surface area is 102 Å². The highest BCUT2D eigenvalue weighted by Crippen LogP contribution is 2.02. The normalized spacial score (nSPS) is 10.3. The van der Waals surface area contributed by atoms with Gasteiger partial charge in [-0.1, -0.05) is 5.16 Å². The van der Waals surface area contributed by atoms with Gasteiger partial charge in [0, 0.05) is 13.0 Å². The highest BCUT2D eigenvalue weighted by Gasteiger charge is 2.05. The maximum absolute atomic E-state index is 10.6. The van der Waals surface area contributed by atoms with Crippen LogP contribution in [0, 0.1) is 6.92 Å². The standard InChI is InChI=1S/C10H11N5O3/c1-6-14-9(18-15-6)2-3-11-8-5-12-7(4-13-8)10(16)17/h4-5H,2-3H2,1H3,(H,11,13)(H,16,17). The maximum atomic E-state index is 10.6. The number of nitrogens with one attached hydrogen (secondary N) is 1. The summed E-state index contributed by atoms with van der Waals surface area (Å²) >= 11 is 0. The maximum Gasteiger partial charge on any atom is 0.356 e. The third kappa shape index (κ3) is 3.00. The number of hydrogen-bond donors (Lipinski definition) is 2. The minimum atomic E-state index is -1.10. The molecule has 0 amide bonds. The van der Waals surface area contributed by atoms with Gasteiger partial charge in [0.25, 0.3) is 0 Å². The van der Waals surface area contributed by atoms with Crippen molar-refractivity contribution in [1.82, 2.24) is 20.1 Å². The molecule has 2 rings (SSSR count). The van der Waals surface area contributed by atoms with E-state index in [1.54, 1.807) is 6.92 Å². The van der Waals surface area contributed by atoms with Crippen molar-refractivity contribution in [2.24, 2.45) is 0 Å². The molecule has 8 heteroatoms. The van der Waals surface area contributed by atoms with E-state index < -0.39 is 5.97 Å². The molecule has 0 saturated carbocycles. The number of carboxylic acids is 1. The zero-order chi connectivity index (χ0) is 13.0. The van der Waals surface area contributed by atoms with Crippen molar-refractivity contribution in [3.8, 4) is 0 Å². The highest BCUT2D eigenvalue weighted by molar-refractivity contribution is 5.84. The van der Waals surface area contributed by atoms with Gasteiger partial charge in [0.15, 0.2) is 11.5 Å². The second kappa shape index (κ2) is 5.21. The average Bonchev–Trinajstić information content (AvgIpc) is 2.76. The van der Waals surface area contributed by atoms with Crippen LogP contribution >= 0.6 is 0 Å². The van der Waals surface area contributed by atoms with Crippen LogP contribution in [0.2, 0.25) is 0 Å². The van der Waals surface area contributed by atoms with Gasteiger partial charge in [-0.25, -0.2) is 14.8 Å². The number of anilines is 1. The lowest BCUT2D eigenvalue weighted by atomic mass is 10.4. The molecule has 0 aliphatic carbocycles. The Balaban J connectivity index is 1.85. The Morgan fingerprint density at radius 2 is 2.28 bits per heavy atom. The van der Waals surface area contributed by atoms with Crippen LogP contribution in [0.5, 0.6) is 0 Å². The molecule has 0 aliphatic rings. The Bertz CT molecular complexity index is 537. The molecule has 2 heterocycles. The van der Waals surface area contributed by atoms with Crippen molar-refractivity contribution in [2.45, 2.75) is 13.3 Å². The van der Waals surface area contributed by atoms with Gasteiger partial charge < -0.3 is 14.9 Å². The van der Waals surface area contributed by atoms with Gasteiger partial charge in [-0.15, -0.1) is 0 Å². The van der Waals surface area contributed by atoms with Gasteiger partial charge in [0.2, 0.25) is 5.89 Å². The van der Waals surface area contributed by atoms with Gasteiger partial charge in [-0.05, 0) is 6.92 Å². The van der Waals surface area contributed by atoms with Crippen molar-refractivity contribution in [3.63, 3.8) is 0 Å². The van der Waals surface area contributed by atoms with Gasteiger partial charge in [0.05, 0.1) is 12.4 Å². The average molecular weight is 249 g/mol. The molecule has 0 saturated heterocycles. The Morgan fingerprint density at radius 1 is 1.44 bits per heavy atom. The van der Waals surface area contributed by atoms with Crippen LogP contribution in [0.25, 0.3) is 0 Å². The van der Waals surface area contributed by atoms with Crippen molar-refractivity contribution in [1.29, 1.82) is 0 Å². The number of aromatic nitrogens is 4. The summed E-state index contributed by atoms with van der Waals surface area (Å²) in [4.78, 5) is 22.3. The van der Waals surface area contributed by atoms with Crippen molar-refractivity contribution in [2.75, 3.05) is 11.9 Å². The number of aromatic carboxylic acids is 1. The molecule has 0 fully saturated rings. The quantitative estimate of drug-likeness (QED) is 0.788. The van der Waals surface area contributed by atoms with E-state index in [0.29, 0.717) is 30.5 Å². The molecule has 0 spiro atoms. The number of aryl methyl sites for hydroxylation is 1. The smallest absolute Gasteiger partial charge is 0.356 e. The largest absolute Gasteiger partial charge is 0.476 e. The SMILES string of the molecule is Cc1noc(CCNc2cnc(C(=O)O)cn2)n1. The molecule has 2 aromatic rings. The summed E-state index contributed by atoms with van der Waals surface area (Å²) in [7, 11) is 0. The molecule has 2 aromatic heterocycles. The first kappa shape index (κ1) is 12.0. The lowest BCUT2D eigenvalue weighted by Crippen LogP contribution is -2.08. The molecular weight excluding hydrogens is 238 g/mol. The zero-order valence-electron chi connectivity index (χ0n) is 9.62. The highest BCUT2D eigenvalue weighted by atomic mass is 16.5. The van der Waals surface area contributed by atoms with Crippen molar-refractivity contribution >= 4 is 11.8 Å². The predicted molar refractivity (Wildman–Crippen MR) is 60.2 cm³/mol. The molecule has 2 N–H and O–H groups in total. The van der Waals surface area contributed by atoms with E-state index in [0.717, 1.165) is 0 Å². The number of hydrogen-bond acceptors (Lipinski definition) is 7. The van der Waals surface area contributed by atoms with E-state index in [1.165, 1.54) is 12.4 Å². The second-order valence-corrected chi connectivity index (χ2v) is 3.50. The summed E-state index contributed by atoms with van der Waals surface area (Å²) in [6.45, 7) is 2.29. The first-order valence-electron chi connectivity index (χ1n) is 5.23. The summed E-state index contributed by atoms with van der Waals surface area (Å²) in [6.07, 6.45) is 3.12. The van der Waals surface area contributed by atoms with Crippen LogP contribution in [0.4, 0.5) is 5.82 Å². The van der Waals surface area contributed by atoms with Crippen LogP contribution in [-0.2, 0) is 6.42 Å². The van der Waals surface area contributed by atoms with Gasteiger partial charge in [-0.3, -0.25) is 0 Å². The fourth-order valence-electron chi connectivity index (χ4n) is 1.27. The Kier molecular flexibility index (Phi) is 3.46. The molecule has 0 bridgehead atoms. The van der Waals surface area contributed by atoms with E-state index in [-0.39, 0.29) is 5.69 Å². The molecule has 8 nitrogen and oxygen atoms in total. The monoisotopic (exact) mass is 249 g/mol. The molecule has 0 aromatic carbocycles. The van der Waals surface area contributed by atoms with E-state index in [4.69, 9.17) is 9.63 Å². The number of nitrogens with zero attached hydrogens (tertiary/aromatic N) is 4. The fourth-order valence-corrected chi connectivity index (χ4v) is 1.27. The van der Waals surface area contributed by atoms with E-state index in [9.17, 15) is 4.79 Å². The van der Waals surface area contributed by atoms with E-state index >= 15 is 0 Å². The fraction of sp³-hybridized carbons (Fsp3) is 0.300. The Hall–Kier alpha value is -2.51. The lowest BCUT2D eigenvalue weighted by molar-refractivity contribution is 0.0690. The molecule has 0 radical (unpaired) electrons. The number of carbonyl (C=O) groups is 1. The summed E-state index contributed by atoms with van der Waals surface area (Å²) in [5, 5.41) is 15.3. The molecular formula is C10H11N5O3. The third-order valence-electron chi connectivity index (χ3n) is 2.09. The zero-order valence-corrected chi connectivity index (χ0v) is 9.62. The number of carboxylic acid groups (broad SMARTS) is 1. The summed E-state index contributed by atoms with van der Waals surface area (Å²) < 4.78 is 4.94. The van der Waals surface area contributed by atoms with Crippen LogP contribution in [0.15, 0.2) is 16.9 Å². The van der Waals surface area contributed by atoms with Crippen molar-refractivity contribution < 1.29 is 14.4 Å². The third-order valence-corrected chi connectivity index (χ3v) is 2.09. The minimum absolute atomic E-state index is 0.0897. The number of rotatable bonds is 5. The Morgan fingerprint density at radius 3 is 2.83 bits per heavy atom. The summed E-state index contributed by atoms with van der Waals surface area (Å²) in [6, 6.07) is 0. The topological polar surface area (TPSA) is 114 Å². The first-order chi connectivity index (χ1) is 8.65. The summed E-state index contributed by atoms with van der Waals surface area (Å²) in [5.74, 6) is 0.525. The van der Waals surface area contributed by atoms with Gasteiger partial charge >= 0.3 is 5.97 Å². The van der Waals surface area contributed by atoms with Gasteiger partial charge in [-0.2, -0.15) is 4.98 Å². The lowest BCUT2D eigenvalue weighted by Gasteiger charge is -2.02. The van der Waals surface area contributed by atoms with E-state index in [1.807, 2.05) is 0 Å². The van der Waals surface area contributed by atoms with Crippen molar-refractivity contribution in [3.05, 3.63) is 29.8 Å². The van der Waals surface area contributed by atoms with Gasteiger partial charge in [0.1, 0.15) is 5.82 Å². The molecule has 94 valence electrons. The molecule has 0 unspecified atom stereocenters. The molecule has 0 aliphatic heterocycles. The van der Waals surface area contributed by atoms with Crippen LogP contribution in [0.3, 0.4) is 0 Å². The van der Waals surface area contributed by atoms with Crippen LogP contribution in [0.1, 0.15) is 22.2 Å².